The van der Waals surface area contributed by atoms with Crippen molar-refractivity contribution in [3.8, 4) is 5.75 Å². The fourth-order valence-corrected chi connectivity index (χ4v) is 4.89. The molecule has 1 fully saturated rings. The smallest absolute Gasteiger partial charge is 0.326 e. The van der Waals surface area contributed by atoms with Crippen molar-refractivity contribution in [2.45, 2.75) is 52.7 Å². The molecule has 3 N–H and O–H groups in total. The zero-order valence-corrected chi connectivity index (χ0v) is 21.3. The number of carboxylic acid groups (broad SMARTS) is 2. The minimum absolute atomic E-state index is 0.0808. The maximum absolute atomic E-state index is 13.0. The van der Waals surface area contributed by atoms with Gasteiger partial charge in [-0.05, 0) is 60.6 Å². The third-order valence-electron chi connectivity index (χ3n) is 7.38. The quantitative estimate of drug-likeness (QED) is 0.417. The van der Waals surface area contributed by atoms with E-state index in [1.165, 1.54) is 0 Å². The van der Waals surface area contributed by atoms with Crippen LogP contribution in [0.4, 0.5) is 0 Å². The van der Waals surface area contributed by atoms with Gasteiger partial charge in [-0.3, -0.25) is 9.59 Å². The number of halogens is 2. The van der Waals surface area contributed by atoms with Crippen LogP contribution in [-0.4, -0.2) is 34.1 Å². The van der Waals surface area contributed by atoms with Crippen molar-refractivity contribution >= 4 is 41.0 Å². The number of nitrogens with one attached hydrogen (secondary N) is 1. The van der Waals surface area contributed by atoms with Crippen molar-refractivity contribution in [2.24, 2.45) is 16.7 Å². The number of rotatable bonds is 9. The lowest BCUT2D eigenvalue weighted by Gasteiger charge is -2.38. The van der Waals surface area contributed by atoms with Gasteiger partial charge in [-0.25, -0.2) is 4.79 Å². The lowest BCUT2D eigenvalue weighted by molar-refractivity contribution is -0.155. The van der Waals surface area contributed by atoms with Gasteiger partial charge in [0.25, 0.3) is 0 Å². The summed E-state index contributed by atoms with van der Waals surface area (Å²) in [6.45, 7) is 5.44. The van der Waals surface area contributed by atoms with Crippen molar-refractivity contribution in [1.29, 1.82) is 0 Å². The van der Waals surface area contributed by atoms with Crippen LogP contribution in [0.2, 0.25) is 10.0 Å². The fourth-order valence-electron chi connectivity index (χ4n) is 4.57. The summed E-state index contributed by atoms with van der Waals surface area (Å²) in [5.74, 6) is -2.54. The number of carboxylic acids is 2. The van der Waals surface area contributed by atoms with E-state index >= 15 is 0 Å². The Morgan fingerprint density at radius 2 is 1.66 bits per heavy atom. The lowest BCUT2D eigenvalue weighted by atomic mass is 9.65. The first-order chi connectivity index (χ1) is 16.3. The topological polar surface area (TPSA) is 113 Å². The van der Waals surface area contributed by atoms with Crippen LogP contribution in [0.5, 0.6) is 5.75 Å². The average molecular weight is 522 g/mol. The molecule has 1 aliphatic rings. The highest BCUT2D eigenvalue weighted by Gasteiger charge is 2.58. The van der Waals surface area contributed by atoms with Crippen LogP contribution < -0.4 is 10.1 Å². The third kappa shape index (κ3) is 5.73. The molecule has 0 radical (unpaired) electrons. The summed E-state index contributed by atoms with van der Waals surface area (Å²) in [4.78, 5) is 36.7. The first-order valence-corrected chi connectivity index (χ1v) is 12.0. The summed E-state index contributed by atoms with van der Waals surface area (Å²) in [6, 6.07) is 11.0. The van der Waals surface area contributed by atoms with E-state index in [0.717, 1.165) is 5.56 Å². The van der Waals surface area contributed by atoms with Crippen LogP contribution in [0.25, 0.3) is 0 Å². The van der Waals surface area contributed by atoms with Crippen LogP contribution in [0.1, 0.15) is 44.7 Å². The molecule has 1 saturated carbocycles. The second-order valence-electron chi connectivity index (χ2n) is 9.73. The van der Waals surface area contributed by atoms with Crippen molar-refractivity contribution in [3.05, 3.63) is 63.6 Å². The van der Waals surface area contributed by atoms with Crippen LogP contribution in [0.3, 0.4) is 0 Å². The SMILES string of the molecule is CC1(C)[C@@H](C(=O)N[C@@H](Cc2ccc(OCc3ccc(Cl)c(Cl)c3)cc2)C(=O)O)CC[C@@]1(C)C(=O)O. The highest BCUT2D eigenvalue weighted by molar-refractivity contribution is 6.42. The molecule has 1 aliphatic carbocycles. The minimum Gasteiger partial charge on any atom is -0.489 e. The number of benzene rings is 2. The Morgan fingerprint density at radius 3 is 2.20 bits per heavy atom. The van der Waals surface area contributed by atoms with Gasteiger partial charge in [0.15, 0.2) is 0 Å². The second-order valence-corrected chi connectivity index (χ2v) is 10.5. The van der Waals surface area contributed by atoms with Gasteiger partial charge in [0.2, 0.25) is 5.91 Å². The largest absolute Gasteiger partial charge is 0.489 e. The first kappa shape index (κ1) is 26.8. The molecule has 7 nitrogen and oxygen atoms in total. The Morgan fingerprint density at radius 1 is 1.03 bits per heavy atom. The molecule has 2 aromatic rings. The van der Waals surface area contributed by atoms with E-state index in [2.05, 4.69) is 5.32 Å². The molecule has 0 spiro atoms. The van der Waals surface area contributed by atoms with E-state index in [1.54, 1.807) is 57.2 Å². The summed E-state index contributed by atoms with van der Waals surface area (Å²) in [6.07, 6.45) is 0.825. The molecule has 0 aliphatic heterocycles. The second kappa shape index (κ2) is 10.5. The van der Waals surface area contributed by atoms with Gasteiger partial charge in [-0.1, -0.05) is 55.2 Å². The molecule has 188 valence electrons. The summed E-state index contributed by atoms with van der Waals surface area (Å²) in [5, 5.41) is 22.9. The lowest BCUT2D eigenvalue weighted by Crippen LogP contribution is -2.49. The predicted molar refractivity (Wildman–Crippen MR) is 133 cm³/mol. The number of hydrogen-bond donors (Lipinski definition) is 3. The zero-order valence-electron chi connectivity index (χ0n) is 19.8. The van der Waals surface area contributed by atoms with Gasteiger partial charge >= 0.3 is 11.9 Å². The molecule has 0 aromatic heterocycles. The van der Waals surface area contributed by atoms with E-state index in [4.69, 9.17) is 27.9 Å². The average Bonchev–Trinajstić information content (AvgIpc) is 3.04. The van der Waals surface area contributed by atoms with E-state index < -0.39 is 40.6 Å². The predicted octanol–water partition coefficient (Wildman–Crippen LogP) is 5.21. The molecule has 0 saturated heterocycles. The highest BCUT2D eigenvalue weighted by Crippen LogP contribution is 2.56. The van der Waals surface area contributed by atoms with Crippen molar-refractivity contribution in [2.75, 3.05) is 0 Å². The molecule has 2 aromatic carbocycles. The van der Waals surface area contributed by atoms with Crippen molar-refractivity contribution in [1.82, 2.24) is 5.32 Å². The van der Waals surface area contributed by atoms with Crippen LogP contribution >= 0.6 is 23.2 Å². The molecule has 3 atom stereocenters. The number of carbonyl (C=O) groups excluding carboxylic acids is 1. The summed E-state index contributed by atoms with van der Waals surface area (Å²) in [7, 11) is 0. The molecule has 35 heavy (non-hydrogen) atoms. The van der Waals surface area contributed by atoms with E-state index in [0.29, 0.717) is 34.2 Å². The summed E-state index contributed by atoms with van der Waals surface area (Å²) >= 11 is 11.9. The van der Waals surface area contributed by atoms with E-state index in [1.807, 2.05) is 6.07 Å². The Balaban J connectivity index is 1.62. The molecular weight excluding hydrogens is 493 g/mol. The molecule has 9 heteroatoms. The van der Waals surface area contributed by atoms with E-state index in [9.17, 15) is 24.6 Å². The molecule has 0 bridgehead atoms. The van der Waals surface area contributed by atoms with Gasteiger partial charge in [0, 0.05) is 12.3 Å². The van der Waals surface area contributed by atoms with Crippen molar-refractivity contribution in [3.63, 3.8) is 0 Å². The molecular formula is C26H29Cl2NO6. The summed E-state index contributed by atoms with van der Waals surface area (Å²) in [5.41, 5.74) is -0.313. The number of aliphatic carboxylic acids is 2. The maximum atomic E-state index is 13.0. The maximum Gasteiger partial charge on any atom is 0.326 e. The van der Waals surface area contributed by atoms with Crippen LogP contribution in [0, 0.1) is 16.7 Å². The Kier molecular flexibility index (Phi) is 8.02. The number of hydrogen-bond acceptors (Lipinski definition) is 4. The number of amides is 1. The van der Waals surface area contributed by atoms with E-state index in [-0.39, 0.29) is 13.0 Å². The molecule has 0 unspecified atom stereocenters. The van der Waals surface area contributed by atoms with Crippen LogP contribution in [-0.2, 0) is 27.4 Å². The normalized spacial score (nSPS) is 21.8. The highest BCUT2D eigenvalue weighted by atomic mass is 35.5. The Bertz CT molecular complexity index is 1120. The third-order valence-corrected chi connectivity index (χ3v) is 8.12. The standard InChI is InChI=1S/C26H29Cl2NO6/c1-25(2)18(10-11-26(25,3)24(33)34)22(30)29-21(23(31)32)13-15-4-7-17(8-5-15)35-14-16-6-9-19(27)20(28)12-16/h4-9,12,18,21H,10-11,13-14H2,1-3H3,(H,29,30)(H,31,32)(H,33,34)/t18-,21+,26+/m1/s1. The number of ether oxygens (including phenoxy) is 1. The van der Waals surface area contributed by atoms with Gasteiger partial charge in [-0.2, -0.15) is 0 Å². The molecule has 1 amide bonds. The summed E-state index contributed by atoms with van der Waals surface area (Å²) < 4.78 is 5.75. The molecule has 3 rings (SSSR count). The van der Waals surface area contributed by atoms with Gasteiger partial charge in [-0.15, -0.1) is 0 Å². The van der Waals surface area contributed by atoms with Gasteiger partial charge < -0.3 is 20.3 Å². The zero-order chi connectivity index (χ0) is 26.0. The van der Waals surface area contributed by atoms with Crippen molar-refractivity contribution < 1.29 is 29.3 Å². The van der Waals surface area contributed by atoms with Crippen LogP contribution in [0.15, 0.2) is 42.5 Å². The van der Waals surface area contributed by atoms with Gasteiger partial charge in [0.1, 0.15) is 18.4 Å². The van der Waals surface area contributed by atoms with Gasteiger partial charge in [0.05, 0.1) is 15.5 Å². The Labute approximate surface area is 214 Å². The monoisotopic (exact) mass is 521 g/mol. The number of carbonyl (C=O) groups is 3. The fraction of sp³-hybridized carbons (Fsp3) is 0.423. The Hall–Kier alpha value is -2.77. The minimum atomic E-state index is -1.16. The molecule has 0 heterocycles. The first-order valence-electron chi connectivity index (χ1n) is 11.3.